The topological polar surface area (TPSA) is 63.7 Å². The number of benzene rings is 2. The van der Waals surface area contributed by atoms with Crippen molar-refractivity contribution in [3.8, 4) is 0 Å². The molecule has 3 rings (SSSR count). The molecule has 1 heterocycles. The molecule has 0 aliphatic rings. The first-order valence-electron chi connectivity index (χ1n) is 8.33. The number of rotatable bonds is 6. The van der Waals surface area contributed by atoms with Gasteiger partial charge < -0.3 is 4.74 Å². The highest BCUT2D eigenvalue weighted by Crippen LogP contribution is 2.34. The molecule has 8 heteroatoms. The number of aryl methyl sites for hydroxylation is 1. The maximum atomic E-state index is 13.5. The number of carbonyl (C=O) groups is 1. The highest BCUT2D eigenvalue weighted by molar-refractivity contribution is 9.10. The number of carbonyl (C=O) groups excluding carboxylic acids is 1. The molecular formula is C20H18BrNO4S2. The Hall–Kier alpha value is -2.16. The number of sulfonamides is 1. The Kier molecular flexibility index (Phi) is 6.22. The zero-order valence-electron chi connectivity index (χ0n) is 15.3. The van der Waals surface area contributed by atoms with E-state index in [1.165, 1.54) is 11.4 Å². The van der Waals surface area contributed by atoms with Crippen LogP contribution in [0.5, 0.6) is 0 Å². The van der Waals surface area contributed by atoms with Gasteiger partial charge in [-0.15, -0.1) is 11.3 Å². The highest BCUT2D eigenvalue weighted by Gasteiger charge is 2.30. The fraction of sp³-hybridized carbons (Fsp3) is 0.150. The number of nitrogens with zero attached hydrogens (tertiary/aromatic N) is 1. The van der Waals surface area contributed by atoms with Crippen LogP contribution in [-0.2, 0) is 21.3 Å². The Balaban J connectivity index is 2.15. The lowest BCUT2D eigenvalue weighted by Gasteiger charge is -2.25. The molecule has 0 bridgehead atoms. The molecule has 0 unspecified atom stereocenters. The molecule has 0 fully saturated rings. The molecule has 0 spiro atoms. The van der Waals surface area contributed by atoms with E-state index in [0.717, 1.165) is 26.9 Å². The molecule has 0 atom stereocenters. The average molecular weight is 480 g/mol. The molecule has 0 saturated carbocycles. The number of anilines is 1. The second kappa shape index (κ2) is 8.46. The van der Waals surface area contributed by atoms with Crippen molar-refractivity contribution < 1.29 is 17.9 Å². The van der Waals surface area contributed by atoms with Crippen LogP contribution in [0.4, 0.5) is 5.69 Å². The lowest BCUT2D eigenvalue weighted by molar-refractivity contribution is 0.0607. The van der Waals surface area contributed by atoms with Crippen molar-refractivity contribution in [2.75, 3.05) is 11.4 Å². The normalized spacial score (nSPS) is 11.2. The first-order chi connectivity index (χ1) is 13.3. The second-order valence-corrected chi connectivity index (χ2v) is 9.68. The second-order valence-electron chi connectivity index (χ2n) is 6.04. The molecule has 1 aromatic heterocycles. The fourth-order valence-corrected chi connectivity index (χ4v) is 5.40. The minimum Gasteiger partial charge on any atom is -0.465 e. The zero-order valence-corrected chi connectivity index (χ0v) is 18.5. The summed E-state index contributed by atoms with van der Waals surface area (Å²) < 4.78 is 33.8. The van der Waals surface area contributed by atoms with E-state index in [1.807, 2.05) is 31.2 Å². The van der Waals surface area contributed by atoms with E-state index in [2.05, 4.69) is 15.9 Å². The summed E-state index contributed by atoms with van der Waals surface area (Å²) in [4.78, 5) is 12.6. The van der Waals surface area contributed by atoms with Gasteiger partial charge in [0, 0.05) is 4.47 Å². The summed E-state index contributed by atoms with van der Waals surface area (Å²) in [5, 5.41) is 1.68. The van der Waals surface area contributed by atoms with Crippen molar-refractivity contribution in [1.82, 2.24) is 0 Å². The van der Waals surface area contributed by atoms with Crippen molar-refractivity contribution in [1.29, 1.82) is 0 Å². The van der Waals surface area contributed by atoms with E-state index in [0.29, 0.717) is 5.69 Å². The van der Waals surface area contributed by atoms with Crippen molar-refractivity contribution in [2.45, 2.75) is 18.4 Å². The average Bonchev–Trinajstić information content (AvgIpc) is 3.16. The van der Waals surface area contributed by atoms with Crippen LogP contribution in [0.1, 0.15) is 20.8 Å². The van der Waals surface area contributed by atoms with E-state index >= 15 is 0 Å². The standard InChI is InChI=1S/C20H18BrNO4S2/c1-14-7-9-16(10-8-14)28(24,25)22(13-15-5-3-4-6-17(15)21)18-11-12-27-19(18)20(23)26-2/h3-12H,13H2,1-2H3. The van der Waals surface area contributed by atoms with Crippen LogP contribution in [0.25, 0.3) is 0 Å². The Labute approximate surface area is 176 Å². The molecule has 0 aliphatic heterocycles. The molecule has 0 aliphatic carbocycles. The predicted molar refractivity (Wildman–Crippen MR) is 114 cm³/mol. The van der Waals surface area contributed by atoms with Gasteiger partial charge in [0.1, 0.15) is 4.88 Å². The van der Waals surface area contributed by atoms with Gasteiger partial charge in [-0.2, -0.15) is 0 Å². The predicted octanol–water partition coefficient (Wildman–Crippen LogP) is 5.00. The summed E-state index contributed by atoms with van der Waals surface area (Å²) in [7, 11) is -2.63. The summed E-state index contributed by atoms with van der Waals surface area (Å²) in [5.41, 5.74) is 2.04. The fourth-order valence-electron chi connectivity index (χ4n) is 2.66. The molecule has 0 N–H and O–H groups in total. The van der Waals surface area contributed by atoms with Gasteiger partial charge in [0.05, 0.1) is 24.2 Å². The zero-order chi connectivity index (χ0) is 20.3. The molecule has 3 aromatic rings. The van der Waals surface area contributed by atoms with E-state index in [9.17, 15) is 13.2 Å². The Bertz CT molecular complexity index is 1090. The molecule has 28 heavy (non-hydrogen) atoms. The third kappa shape index (κ3) is 4.14. The van der Waals surface area contributed by atoms with Crippen molar-refractivity contribution in [3.63, 3.8) is 0 Å². The quantitative estimate of drug-likeness (QED) is 0.466. The summed E-state index contributed by atoms with van der Waals surface area (Å²) >= 11 is 4.62. The van der Waals surface area contributed by atoms with Crippen LogP contribution in [0.15, 0.2) is 69.3 Å². The van der Waals surface area contributed by atoms with Crippen LogP contribution >= 0.6 is 27.3 Å². The summed E-state index contributed by atoms with van der Waals surface area (Å²) in [6.45, 7) is 1.96. The number of halogens is 1. The minimum absolute atomic E-state index is 0.0678. The number of hydrogen-bond acceptors (Lipinski definition) is 5. The van der Waals surface area contributed by atoms with Gasteiger partial charge in [0.15, 0.2) is 0 Å². The Morgan fingerprint density at radius 2 is 1.79 bits per heavy atom. The van der Waals surface area contributed by atoms with Crippen LogP contribution in [-0.4, -0.2) is 21.5 Å². The van der Waals surface area contributed by atoms with Gasteiger partial charge in [-0.25, -0.2) is 13.2 Å². The summed E-state index contributed by atoms with van der Waals surface area (Å²) in [6.07, 6.45) is 0. The van der Waals surface area contributed by atoms with Crippen LogP contribution in [0.2, 0.25) is 0 Å². The van der Waals surface area contributed by atoms with Gasteiger partial charge in [-0.3, -0.25) is 4.31 Å². The molecule has 5 nitrogen and oxygen atoms in total. The summed E-state index contributed by atoms with van der Waals surface area (Å²) in [5.74, 6) is -0.568. The first kappa shape index (κ1) is 20.6. The molecular weight excluding hydrogens is 462 g/mol. The minimum atomic E-state index is -3.91. The lowest BCUT2D eigenvalue weighted by Crippen LogP contribution is -2.31. The summed E-state index contributed by atoms with van der Waals surface area (Å²) in [6, 6.07) is 15.6. The van der Waals surface area contributed by atoms with Gasteiger partial charge >= 0.3 is 5.97 Å². The lowest BCUT2D eigenvalue weighted by atomic mass is 10.2. The van der Waals surface area contributed by atoms with Gasteiger partial charge in [0.2, 0.25) is 0 Å². The van der Waals surface area contributed by atoms with Crippen LogP contribution in [0, 0.1) is 6.92 Å². The van der Waals surface area contributed by atoms with E-state index in [4.69, 9.17) is 4.74 Å². The van der Waals surface area contributed by atoms with Gasteiger partial charge in [-0.1, -0.05) is 51.8 Å². The molecule has 2 aromatic carbocycles. The number of methoxy groups -OCH3 is 1. The van der Waals surface area contributed by atoms with E-state index in [-0.39, 0.29) is 16.3 Å². The monoisotopic (exact) mass is 479 g/mol. The van der Waals surface area contributed by atoms with Crippen LogP contribution in [0.3, 0.4) is 0 Å². The van der Waals surface area contributed by atoms with E-state index in [1.54, 1.807) is 35.7 Å². The number of ether oxygens (including phenoxy) is 1. The molecule has 146 valence electrons. The SMILES string of the molecule is COC(=O)c1sccc1N(Cc1ccccc1Br)S(=O)(=O)c1ccc(C)cc1. The van der Waals surface area contributed by atoms with E-state index < -0.39 is 16.0 Å². The Morgan fingerprint density at radius 3 is 2.43 bits per heavy atom. The highest BCUT2D eigenvalue weighted by atomic mass is 79.9. The molecule has 0 radical (unpaired) electrons. The van der Waals surface area contributed by atoms with Crippen LogP contribution < -0.4 is 4.31 Å². The van der Waals surface area contributed by atoms with Gasteiger partial charge in [-0.05, 0) is 42.1 Å². The van der Waals surface area contributed by atoms with Gasteiger partial charge in [0.25, 0.3) is 10.0 Å². The van der Waals surface area contributed by atoms with Crippen molar-refractivity contribution in [2.24, 2.45) is 0 Å². The smallest absolute Gasteiger partial charge is 0.350 e. The number of esters is 1. The third-order valence-corrected chi connectivity index (χ3v) is 7.60. The number of thiophene rings is 1. The molecule has 0 saturated heterocycles. The number of hydrogen-bond donors (Lipinski definition) is 0. The maximum absolute atomic E-state index is 13.5. The third-order valence-electron chi connectivity index (χ3n) is 4.16. The first-order valence-corrected chi connectivity index (χ1v) is 11.4. The maximum Gasteiger partial charge on any atom is 0.350 e. The van der Waals surface area contributed by atoms with Crippen molar-refractivity contribution in [3.05, 3.63) is 80.5 Å². The molecule has 0 amide bonds. The Morgan fingerprint density at radius 1 is 1.11 bits per heavy atom. The van der Waals surface area contributed by atoms with Crippen molar-refractivity contribution >= 4 is 48.9 Å². The largest absolute Gasteiger partial charge is 0.465 e.